The number of aryl methyl sites for hydroxylation is 2. The van der Waals surface area contributed by atoms with Gasteiger partial charge in [-0.05, 0) is 54.8 Å². The molecule has 0 bridgehead atoms. The number of hydrogen-bond acceptors (Lipinski definition) is 2. The summed E-state index contributed by atoms with van der Waals surface area (Å²) >= 11 is 0. The van der Waals surface area contributed by atoms with Gasteiger partial charge in [0.1, 0.15) is 17.9 Å². The van der Waals surface area contributed by atoms with Gasteiger partial charge in [-0.3, -0.25) is 9.59 Å². The predicted octanol–water partition coefficient (Wildman–Crippen LogP) is 4.25. The number of carbonyl (C=O) groups excluding carboxylic acids is 1. The highest BCUT2D eigenvalue weighted by Gasteiger charge is 2.13. The number of anilines is 1. The van der Waals surface area contributed by atoms with Crippen LogP contribution in [-0.2, 0) is 17.9 Å². The summed E-state index contributed by atoms with van der Waals surface area (Å²) in [5, 5.41) is 3.35. The van der Waals surface area contributed by atoms with E-state index in [0.29, 0.717) is 12.1 Å². The minimum atomic E-state index is -0.502. The summed E-state index contributed by atoms with van der Waals surface area (Å²) in [7, 11) is 0. The van der Waals surface area contributed by atoms with Gasteiger partial charge in [0.15, 0.2) is 0 Å². The maximum Gasteiger partial charge on any atom is 0.275 e. The first-order chi connectivity index (χ1) is 14.4. The lowest BCUT2D eigenvalue weighted by atomic mass is 10.1. The minimum absolute atomic E-state index is 0.0997. The first-order valence-corrected chi connectivity index (χ1v) is 9.71. The number of benzene rings is 2. The molecule has 1 N–H and O–H groups in total. The highest BCUT2D eigenvalue weighted by Crippen LogP contribution is 2.17. The lowest BCUT2D eigenvalue weighted by molar-refractivity contribution is -0.116. The van der Waals surface area contributed by atoms with Crippen LogP contribution in [0.5, 0.6) is 0 Å². The van der Waals surface area contributed by atoms with Crippen LogP contribution in [0.2, 0.25) is 0 Å². The second-order valence-electron chi connectivity index (χ2n) is 7.45. The zero-order valence-corrected chi connectivity index (χ0v) is 16.9. The normalized spacial score (nSPS) is 11.0. The van der Waals surface area contributed by atoms with Crippen molar-refractivity contribution in [1.29, 1.82) is 0 Å². The summed E-state index contributed by atoms with van der Waals surface area (Å²) in [6, 6.07) is 16.3. The van der Waals surface area contributed by atoms with E-state index in [1.807, 2.05) is 54.1 Å². The van der Waals surface area contributed by atoms with Crippen molar-refractivity contribution in [1.82, 2.24) is 9.13 Å². The van der Waals surface area contributed by atoms with Crippen LogP contribution in [0.1, 0.15) is 16.7 Å². The largest absolute Gasteiger partial charge is 0.339 e. The van der Waals surface area contributed by atoms with E-state index in [9.17, 15) is 14.0 Å². The van der Waals surface area contributed by atoms with E-state index in [-0.39, 0.29) is 17.8 Å². The van der Waals surface area contributed by atoms with Crippen LogP contribution in [-0.4, -0.2) is 15.0 Å². The van der Waals surface area contributed by atoms with Gasteiger partial charge in [0, 0.05) is 24.3 Å². The van der Waals surface area contributed by atoms with Gasteiger partial charge in [-0.25, -0.2) is 4.39 Å². The van der Waals surface area contributed by atoms with Gasteiger partial charge < -0.3 is 14.5 Å². The maximum absolute atomic E-state index is 14.0. The fourth-order valence-electron chi connectivity index (χ4n) is 3.54. The number of rotatable bonds is 5. The zero-order chi connectivity index (χ0) is 21.3. The molecule has 5 nitrogen and oxygen atoms in total. The van der Waals surface area contributed by atoms with E-state index < -0.39 is 11.7 Å². The molecule has 0 unspecified atom stereocenters. The Balaban J connectivity index is 1.61. The molecule has 4 aromatic rings. The van der Waals surface area contributed by atoms with Crippen LogP contribution in [0.3, 0.4) is 0 Å². The molecule has 0 atom stereocenters. The number of pyridine rings is 1. The molecule has 2 aromatic heterocycles. The quantitative estimate of drug-likeness (QED) is 0.542. The molecule has 2 heterocycles. The lowest BCUT2D eigenvalue weighted by Crippen LogP contribution is -2.28. The molecule has 152 valence electrons. The molecule has 2 aromatic carbocycles. The molecular formula is C24H22FN3O2. The first kappa shape index (κ1) is 19.6. The Bertz CT molecular complexity index is 1300. The SMILES string of the molecule is Cc1ccc(NC(=O)Cn2ccc3ccn(Cc4ccccc4C)c3c2=O)c(F)c1. The predicted molar refractivity (Wildman–Crippen MR) is 116 cm³/mol. The van der Waals surface area contributed by atoms with Crippen LogP contribution >= 0.6 is 0 Å². The van der Waals surface area contributed by atoms with E-state index in [1.54, 1.807) is 19.2 Å². The van der Waals surface area contributed by atoms with Gasteiger partial charge in [-0.15, -0.1) is 0 Å². The van der Waals surface area contributed by atoms with Gasteiger partial charge in [-0.1, -0.05) is 30.3 Å². The topological polar surface area (TPSA) is 56.0 Å². The fraction of sp³-hybridized carbons (Fsp3) is 0.167. The van der Waals surface area contributed by atoms with Crippen LogP contribution < -0.4 is 10.9 Å². The molecule has 0 saturated carbocycles. The van der Waals surface area contributed by atoms with Gasteiger partial charge in [0.25, 0.3) is 5.56 Å². The number of aromatic nitrogens is 2. The molecule has 0 aliphatic heterocycles. The van der Waals surface area contributed by atoms with Crippen molar-refractivity contribution >= 4 is 22.5 Å². The molecule has 0 spiro atoms. The molecule has 30 heavy (non-hydrogen) atoms. The Morgan fingerprint density at radius 3 is 2.47 bits per heavy atom. The Kier molecular flexibility index (Phi) is 5.23. The van der Waals surface area contributed by atoms with Crippen molar-refractivity contribution in [3.63, 3.8) is 0 Å². The van der Waals surface area contributed by atoms with Gasteiger partial charge in [0.05, 0.1) is 5.69 Å². The van der Waals surface area contributed by atoms with Gasteiger partial charge in [-0.2, -0.15) is 0 Å². The summed E-state index contributed by atoms with van der Waals surface area (Å²) in [6.45, 7) is 4.18. The fourth-order valence-corrected chi connectivity index (χ4v) is 3.54. The zero-order valence-electron chi connectivity index (χ0n) is 16.9. The van der Waals surface area contributed by atoms with Gasteiger partial charge in [0.2, 0.25) is 5.91 Å². The number of carbonyl (C=O) groups is 1. The second-order valence-corrected chi connectivity index (χ2v) is 7.45. The third-order valence-electron chi connectivity index (χ3n) is 5.21. The molecule has 0 fully saturated rings. The second kappa shape index (κ2) is 7.99. The highest BCUT2D eigenvalue weighted by molar-refractivity contribution is 5.91. The molecule has 4 rings (SSSR count). The summed E-state index contributed by atoms with van der Waals surface area (Å²) in [5.74, 6) is -0.963. The molecule has 1 amide bonds. The van der Waals surface area contributed by atoms with E-state index in [1.165, 1.54) is 16.7 Å². The molecule has 6 heteroatoms. The lowest BCUT2D eigenvalue weighted by Gasteiger charge is -2.11. The number of amides is 1. The standard InChI is InChI=1S/C24H22FN3O2/c1-16-7-8-21(20(25)13-16)26-22(29)15-28-12-10-18-9-11-27(23(18)24(28)30)14-19-6-4-3-5-17(19)2/h3-13H,14-15H2,1-2H3,(H,26,29). The van der Waals surface area contributed by atoms with Gasteiger partial charge >= 0.3 is 0 Å². The van der Waals surface area contributed by atoms with E-state index in [2.05, 4.69) is 5.32 Å². The number of hydrogen-bond donors (Lipinski definition) is 1. The van der Waals surface area contributed by atoms with Crippen molar-refractivity contribution in [2.75, 3.05) is 5.32 Å². The molecule has 0 saturated heterocycles. The Morgan fingerprint density at radius 1 is 1.00 bits per heavy atom. The average molecular weight is 403 g/mol. The van der Waals surface area contributed by atoms with Crippen LogP contribution in [0.25, 0.3) is 10.9 Å². The van der Waals surface area contributed by atoms with E-state index in [4.69, 9.17) is 0 Å². The first-order valence-electron chi connectivity index (χ1n) is 9.71. The van der Waals surface area contributed by atoms with Crippen molar-refractivity contribution < 1.29 is 9.18 Å². The maximum atomic E-state index is 14.0. The van der Waals surface area contributed by atoms with Crippen molar-refractivity contribution in [3.05, 3.63) is 99.9 Å². The van der Waals surface area contributed by atoms with Crippen molar-refractivity contribution in [3.8, 4) is 0 Å². The van der Waals surface area contributed by atoms with Crippen molar-refractivity contribution in [2.24, 2.45) is 0 Å². The number of nitrogens with one attached hydrogen (secondary N) is 1. The van der Waals surface area contributed by atoms with E-state index in [0.717, 1.165) is 22.1 Å². The van der Waals surface area contributed by atoms with E-state index >= 15 is 0 Å². The molecule has 0 aliphatic rings. The monoisotopic (exact) mass is 403 g/mol. The Hall–Kier alpha value is -3.67. The molecular weight excluding hydrogens is 381 g/mol. The summed E-state index contributed by atoms with van der Waals surface area (Å²) in [4.78, 5) is 25.5. The van der Waals surface area contributed by atoms with Crippen LogP contribution in [0.15, 0.2) is 71.8 Å². The number of nitrogens with zero attached hydrogens (tertiary/aromatic N) is 2. The van der Waals surface area contributed by atoms with Crippen LogP contribution in [0.4, 0.5) is 10.1 Å². The Labute approximate surface area is 173 Å². The van der Waals surface area contributed by atoms with Crippen molar-refractivity contribution in [2.45, 2.75) is 26.9 Å². The van der Waals surface area contributed by atoms with Crippen LogP contribution in [0, 0.1) is 19.7 Å². The Morgan fingerprint density at radius 2 is 1.73 bits per heavy atom. The molecule has 0 aliphatic carbocycles. The smallest absolute Gasteiger partial charge is 0.275 e. The summed E-state index contributed by atoms with van der Waals surface area (Å²) < 4.78 is 17.2. The molecule has 0 radical (unpaired) electrons. The number of halogens is 1. The summed E-state index contributed by atoms with van der Waals surface area (Å²) in [6.07, 6.45) is 3.47. The average Bonchev–Trinajstić information content (AvgIpc) is 3.12. The third kappa shape index (κ3) is 3.89. The highest BCUT2D eigenvalue weighted by atomic mass is 19.1. The third-order valence-corrected chi connectivity index (χ3v) is 5.21. The number of fused-ring (bicyclic) bond motifs is 1. The minimum Gasteiger partial charge on any atom is -0.339 e. The summed E-state index contributed by atoms with van der Waals surface area (Å²) in [5.41, 5.74) is 3.41.